The highest BCUT2D eigenvalue weighted by Gasteiger charge is 2.30. The molecule has 9 heteroatoms. The Labute approximate surface area is 209 Å². The zero-order valence-corrected chi connectivity index (χ0v) is 20.5. The highest BCUT2D eigenvalue weighted by molar-refractivity contribution is 5.98. The molecule has 0 aromatic heterocycles. The molecule has 2 atom stereocenters. The van der Waals surface area contributed by atoms with E-state index in [0.717, 1.165) is 57.3 Å². The second kappa shape index (κ2) is 12.9. The summed E-state index contributed by atoms with van der Waals surface area (Å²) in [7, 11) is 0. The molecule has 3 rings (SSSR count). The number of rotatable bonds is 11. The van der Waals surface area contributed by atoms with Crippen molar-refractivity contribution in [2.75, 3.05) is 28.6 Å². The van der Waals surface area contributed by atoms with Crippen molar-refractivity contribution >= 4 is 23.0 Å². The van der Waals surface area contributed by atoms with Crippen molar-refractivity contribution in [2.24, 2.45) is 0 Å². The van der Waals surface area contributed by atoms with Gasteiger partial charge in [-0.2, -0.15) is 13.2 Å². The van der Waals surface area contributed by atoms with Gasteiger partial charge in [-0.25, -0.2) is 8.78 Å². The molecule has 2 unspecified atom stereocenters. The van der Waals surface area contributed by atoms with Crippen molar-refractivity contribution in [1.82, 2.24) is 0 Å². The lowest BCUT2D eigenvalue weighted by molar-refractivity contribution is -0.137. The number of hydrogen-bond acceptors (Lipinski definition) is 3. The highest BCUT2D eigenvalue weighted by Crippen LogP contribution is 2.33. The number of alkyl halides is 5. The van der Waals surface area contributed by atoms with Crippen molar-refractivity contribution in [3.8, 4) is 0 Å². The average molecular weight is 512 g/mol. The Morgan fingerprint density at radius 2 is 1.69 bits per heavy atom. The Bertz CT molecular complexity index is 974. The molecule has 2 N–H and O–H groups in total. The molecule has 198 valence electrons. The van der Waals surface area contributed by atoms with Crippen LogP contribution in [-0.2, 0) is 17.5 Å². The van der Waals surface area contributed by atoms with Crippen LogP contribution >= 0.6 is 0 Å². The number of anilines is 3. The van der Waals surface area contributed by atoms with Crippen LogP contribution in [0.4, 0.5) is 39.0 Å². The summed E-state index contributed by atoms with van der Waals surface area (Å²) in [5.41, 5.74) is 1.79. The van der Waals surface area contributed by atoms with Crippen molar-refractivity contribution in [2.45, 2.75) is 76.9 Å². The maximum atomic E-state index is 14.5. The van der Waals surface area contributed by atoms with E-state index in [0.29, 0.717) is 35.6 Å². The standard InChI is InChI=1S/C27H34F5N3O/c1-2-3-5-8-22(28)25(29)26(36)34-23-14-13-21(17-24(23)35-15-6-4-7-16-35)33-18-19-9-11-20(12-10-19)27(30,31)32/h9-14,17,22,25,33H,2-8,15-16,18H2,1H3,(H,34,36). The second-order valence-electron chi connectivity index (χ2n) is 9.23. The van der Waals surface area contributed by atoms with E-state index in [1.807, 2.05) is 13.0 Å². The van der Waals surface area contributed by atoms with Gasteiger partial charge in [-0.3, -0.25) is 4.79 Å². The SMILES string of the molecule is CCCCCC(F)C(F)C(=O)Nc1ccc(NCc2ccc(C(F)(F)F)cc2)cc1N1CCCCC1. The summed E-state index contributed by atoms with van der Waals surface area (Å²) in [6.07, 6.45) is -3.21. The minimum Gasteiger partial charge on any atom is -0.381 e. The van der Waals surface area contributed by atoms with E-state index >= 15 is 0 Å². The van der Waals surface area contributed by atoms with Crippen molar-refractivity contribution in [3.63, 3.8) is 0 Å². The molecule has 0 radical (unpaired) electrons. The Kier molecular flexibility index (Phi) is 9.96. The molecule has 1 heterocycles. The number of halogens is 5. The summed E-state index contributed by atoms with van der Waals surface area (Å²) in [4.78, 5) is 14.6. The first-order valence-electron chi connectivity index (χ1n) is 12.6. The lowest BCUT2D eigenvalue weighted by Crippen LogP contribution is -2.34. The van der Waals surface area contributed by atoms with Crippen LogP contribution < -0.4 is 15.5 Å². The molecule has 1 aliphatic rings. The van der Waals surface area contributed by atoms with Crippen LogP contribution in [0.3, 0.4) is 0 Å². The van der Waals surface area contributed by atoms with Crippen molar-refractivity contribution in [1.29, 1.82) is 0 Å². The molecular formula is C27H34F5N3O. The lowest BCUT2D eigenvalue weighted by atomic mass is 10.1. The van der Waals surface area contributed by atoms with Gasteiger partial charge in [0, 0.05) is 25.3 Å². The van der Waals surface area contributed by atoms with E-state index in [1.165, 1.54) is 12.1 Å². The van der Waals surface area contributed by atoms with Crippen LogP contribution in [0.1, 0.15) is 63.0 Å². The van der Waals surface area contributed by atoms with Gasteiger partial charge in [0.1, 0.15) is 6.17 Å². The van der Waals surface area contributed by atoms with Gasteiger partial charge < -0.3 is 15.5 Å². The Balaban J connectivity index is 1.71. The van der Waals surface area contributed by atoms with Gasteiger partial charge in [0.15, 0.2) is 0 Å². The maximum Gasteiger partial charge on any atom is 0.416 e. The number of amides is 1. The number of hydrogen-bond donors (Lipinski definition) is 2. The summed E-state index contributed by atoms with van der Waals surface area (Å²) in [6, 6.07) is 10.1. The van der Waals surface area contributed by atoms with Crippen LogP contribution in [0, 0.1) is 0 Å². The number of piperidine rings is 1. The number of nitrogens with zero attached hydrogens (tertiary/aromatic N) is 1. The molecule has 0 bridgehead atoms. The molecular weight excluding hydrogens is 477 g/mol. The smallest absolute Gasteiger partial charge is 0.381 e. The molecule has 2 aromatic carbocycles. The second-order valence-corrected chi connectivity index (χ2v) is 9.23. The Morgan fingerprint density at radius 3 is 2.33 bits per heavy atom. The minimum absolute atomic E-state index is 0.00815. The van der Waals surface area contributed by atoms with E-state index in [9.17, 15) is 26.7 Å². The number of benzene rings is 2. The van der Waals surface area contributed by atoms with Gasteiger partial charge in [0.05, 0.1) is 16.9 Å². The van der Waals surface area contributed by atoms with Crippen LogP contribution in [0.15, 0.2) is 42.5 Å². The van der Waals surface area contributed by atoms with Crippen LogP contribution in [0.2, 0.25) is 0 Å². The third kappa shape index (κ3) is 7.83. The van der Waals surface area contributed by atoms with E-state index in [1.54, 1.807) is 12.1 Å². The van der Waals surface area contributed by atoms with E-state index < -0.39 is 30.0 Å². The van der Waals surface area contributed by atoms with Crippen LogP contribution in [0.25, 0.3) is 0 Å². The number of unbranched alkanes of at least 4 members (excludes halogenated alkanes) is 2. The van der Waals surface area contributed by atoms with Crippen LogP contribution in [-0.4, -0.2) is 31.3 Å². The maximum absolute atomic E-state index is 14.5. The van der Waals surface area contributed by atoms with E-state index in [2.05, 4.69) is 15.5 Å². The van der Waals surface area contributed by atoms with Gasteiger partial charge in [0.25, 0.3) is 5.91 Å². The lowest BCUT2D eigenvalue weighted by Gasteiger charge is -2.31. The fourth-order valence-electron chi connectivity index (χ4n) is 4.26. The number of nitrogens with one attached hydrogen (secondary N) is 2. The molecule has 2 aromatic rings. The summed E-state index contributed by atoms with van der Waals surface area (Å²) in [6.45, 7) is 3.81. The molecule has 1 fully saturated rings. The Hall–Kier alpha value is -2.84. The molecule has 1 saturated heterocycles. The van der Waals surface area contributed by atoms with Crippen molar-refractivity contribution < 1.29 is 26.7 Å². The molecule has 0 spiro atoms. The first-order valence-corrected chi connectivity index (χ1v) is 12.6. The average Bonchev–Trinajstić information content (AvgIpc) is 2.88. The molecule has 36 heavy (non-hydrogen) atoms. The zero-order chi connectivity index (χ0) is 26.1. The third-order valence-corrected chi connectivity index (χ3v) is 6.38. The molecule has 1 amide bonds. The van der Waals surface area contributed by atoms with Crippen LogP contribution in [0.5, 0.6) is 0 Å². The third-order valence-electron chi connectivity index (χ3n) is 6.38. The molecule has 4 nitrogen and oxygen atoms in total. The predicted molar refractivity (Wildman–Crippen MR) is 134 cm³/mol. The fraction of sp³-hybridized carbons (Fsp3) is 0.519. The molecule has 0 aliphatic carbocycles. The number of carbonyl (C=O) groups excluding carboxylic acids is 1. The first-order chi connectivity index (χ1) is 17.2. The van der Waals surface area contributed by atoms with Gasteiger partial charge in [-0.05, 0) is 61.6 Å². The predicted octanol–water partition coefficient (Wildman–Crippen LogP) is 7.50. The number of carbonyl (C=O) groups is 1. The van der Waals surface area contributed by atoms with Gasteiger partial charge in [-0.1, -0.05) is 38.3 Å². The van der Waals surface area contributed by atoms with Gasteiger partial charge in [0.2, 0.25) is 6.17 Å². The summed E-state index contributed by atoms with van der Waals surface area (Å²) in [5, 5.41) is 5.76. The zero-order valence-electron chi connectivity index (χ0n) is 20.5. The summed E-state index contributed by atoms with van der Waals surface area (Å²) >= 11 is 0. The van der Waals surface area contributed by atoms with Gasteiger partial charge >= 0.3 is 6.18 Å². The van der Waals surface area contributed by atoms with E-state index in [-0.39, 0.29) is 6.42 Å². The minimum atomic E-state index is -4.38. The molecule has 0 saturated carbocycles. The van der Waals surface area contributed by atoms with Crippen molar-refractivity contribution in [3.05, 3.63) is 53.6 Å². The highest BCUT2D eigenvalue weighted by atomic mass is 19.4. The topological polar surface area (TPSA) is 44.4 Å². The first kappa shape index (κ1) is 27.7. The molecule has 1 aliphatic heterocycles. The normalized spacial score (nSPS) is 15.9. The quantitative estimate of drug-likeness (QED) is 0.243. The monoisotopic (exact) mass is 511 g/mol. The fourth-order valence-corrected chi connectivity index (χ4v) is 4.26. The summed E-state index contributed by atoms with van der Waals surface area (Å²) < 4.78 is 67.1. The van der Waals surface area contributed by atoms with Gasteiger partial charge in [-0.15, -0.1) is 0 Å². The summed E-state index contributed by atoms with van der Waals surface area (Å²) in [5.74, 6) is -0.997. The van der Waals surface area contributed by atoms with E-state index in [4.69, 9.17) is 0 Å². The Morgan fingerprint density at radius 1 is 1.00 bits per heavy atom. The largest absolute Gasteiger partial charge is 0.416 e.